The molecule has 1 saturated heterocycles. The molecule has 2 spiro atoms. The summed E-state index contributed by atoms with van der Waals surface area (Å²) < 4.78 is 42.2. The maximum absolute atomic E-state index is 7.11. The van der Waals surface area contributed by atoms with Crippen LogP contribution in [0.25, 0.3) is 0 Å². The lowest BCUT2D eigenvalue weighted by molar-refractivity contribution is -0.283. The average molecular weight is 558 g/mol. The molecule has 5 aliphatic carbocycles. The Kier molecular flexibility index (Phi) is 7.33. The number of hydrogen-bond acceptors (Lipinski definition) is 8. The molecule has 40 heavy (non-hydrogen) atoms. The van der Waals surface area contributed by atoms with Crippen molar-refractivity contribution < 1.29 is 33.2 Å². The molecule has 8 nitrogen and oxygen atoms in total. The zero-order chi connectivity index (χ0) is 27.4. The first-order valence-corrected chi connectivity index (χ1v) is 15.5. The molecule has 0 radical (unpaired) electrons. The molecule has 8 rings (SSSR count). The zero-order valence-electron chi connectivity index (χ0n) is 24.6. The summed E-state index contributed by atoms with van der Waals surface area (Å²) in [6.45, 7) is 6.59. The van der Waals surface area contributed by atoms with Crippen LogP contribution in [0.3, 0.4) is 0 Å². The van der Waals surface area contributed by atoms with Crippen LogP contribution in [0.5, 0.6) is 11.5 Å². The number of methoxy groups -OCH3 is 3. The van der Waals surface area contributed by atoms with E-state index in [1.54, 1.807) is 14.2 Å². The van der Waals surface area contributed by atoms with Crippen molar-refractivity contribution in [3.8, 4) is 11.5 Å². The molecule has 0 amide bonds. The van der Waals surface area contributed by atoms with Gasteiger partial charge in [-0.1, -0.05) is 6.07 Å². The smallest absolute Gasteiger partial charge is 0.165 e. The summed E-state index contributed by atoms with van der Waals surface area (Å²) >= 11 is 0. The molecule has 4 saturated carbocycles. The number of benzene rings is 1. The van der Waals surface area contributed by atoms with E-state index in [0.717, 1.165) is 49.6 Å². The van der Waals surface area contributed by atoms with Crippen molar-refractivity contribution >= 4 is 0 Å². The molecule has 7 aliphatic rings. The minimum Gasteiger partial charge on any atom is -0.493 e. The highest BCUT2D eigenvalue weighted by molar-refractivity contribution is 5.63. The van der Waals surface area contributed by atoms with Crippen LogP contribution in [-0.4, -0.2) is 103 Å². The van der Waals surface area contributed by atoms with Crippen LogP contribution in [-0.2, 0) is 35.5 Å². The fourth-order valence-electron chi connectivity index (χ4n) is 9.70. The minimum absolute atomic E-state index is 0.00229. The van der Waals surface area contributed by atoms with Crippen LogP contribution >= 0.6 is 0 Å². The number of nitrogens with zero attached hydrogens (tertiary/aromatic N) is 1. The quantitative estimate of drug-likeness (QED) is 0.303. The Morgan fingerprint density at radius 1 is 0.925 bits per heavy atom. The number of rotatable bonds is 15. The molecular weight excluding hydrogens is 510 g/mol. The molecule has 8 heteroatoms. The van der Waals surface area contributed by atoms with Crippen LogP contribution in [0.1, 0.15) is 49.7 Å². The zero-order valence-corrected chi connectivity index (χ0v) is 24.6. The first-order valence-electron chi connectivity index (χ1n) is 15.5. The first-order chi connectivity index (χ1) is 19.6. The van der Waals surface area contributed by atoms with Crippen LogP contribution in [0.4, 0.5) is 0 Å². The molecule has 6 atom stereocenters. The van der Waals surface area contributed by atoms with Gasteiger partial charge in [-0.2, -0.15) is 0 Å². The lowest BCUT2D eigenvalue weighted by atomic mass is 9.35. The highest BCUT2D eigenvalue weighted by Crippen LogP contribution is 2.76. The van der Waals surface area contributed by atoms with Gasteiger partial charge in [-0.25, -0.2) is 0 Å². The molecule has 0 aromatic heterocycles. The van der Waals surface area contributed by atoms with Gasteiger partial charge in [-0.05, 0) is 69.0 Å². The van der Waals surface area contributed by atoms with E-state index in [-0.39, 0.29) is 28.5 Å². The Labute approximate surface area is 238 Å². The molecule has 2 aliphatic heterocycles. The second-order valence-corrected chi connectivity index (χ2v) is 13.0. The van der Waals surface area contributed by atoms with Crippen molar-refractivity contribution in [2.45, 2.75) is 68.1 Å². The van der Waals surface area contributed by atoms with Crippen LogP contribution < -0.4 is 9.47 Å². The maximum Gasteiger partial charge on any atom is 0.165 e. The highest BCUT2D eigenvalue weighted by atomic mass is 16.6. The van der Waals surface area contributed by atoms with Gasteiger partial charge in [0.05, 0.1) is 53.4 Å². The SMILES string of the molecule is COCCOCCOCCOC[C@H]1C[C@@]23CC[C@]1(OC)[C@@H]1Oc4c(OC)ccc5c4[C@@]12CCN(CC1CC1)C3C5. The summed E-state index contributed by atoms with van der Waals surface area (Å²) in [5.41, 5.74) is 2.75. The van der Waals surface area contributed by atoms with Gasteiger partial charge in [-0.15, -0.1) is 0 Å². The van der Waals surface area contributed by atoms with E-state index >= 15 is 0 Å². The lowest BCUT2D eigenvalue weighted by Gasteiger charge is -2.74. The Hall–Kier alpha value is -1.42. The third-order valence-electron chi connectivity index (χ3n) is 11.5. The second-order valence-electron chi connectivity index (χ2n) is 13.0. The summed E-state index contributed by atoms with van der Waals surface area (Å²) in [4.78, 5) is 2.89. The van der Waals surface area contributed by atoms with Crippen molar-refractivity contribution in [1.82, 2.24) is 4.90 Å². The fraction of sp³-hybridized carbons (Fsp3) is 0.812. The standard InChI is InChI=1S/C32H47NO7/c1-34-12-13-37-14-15-38-16-17-39-21-24-19-30-8-9-32(24,36-3)29-31(30)10-11-33(20-22-4-5-22)26(30)18-23-6-7-25(35-2)28(40-29)27(23)31/h6-7,22,24,26,29H,4-5,8-21H2,1-3H3/t24-,26?,29-,30-,31+,32-/m1/s1. The van der Waals surface area contributed by atoms with Gasteiger partial charge < -0.3 is 33.2 Å². The Morgan fingerprint density at radius 3 is 2.42 bits per heavy atom. The first kappa shape index (κ1) is 27.4. The number of likely N-dealkylation sites (tertiary alicyclic amines) is 1. The van der Waals surface area contributed by atoms with Crippen molar-refractivity contribution in [2.24, 2.45) is 17.3 Å². The average Bonchev–Trinajstić information content (AvgIpc) is 3.72. The normalized spacial score (nSPS) is 36.9. The summed E-state index contributed by atoms with van der Waals surface area (Å²) in [5, 5.41) is 0. The lowest BCUT2D eigenvalue weighted by Crippen LogP contribution is -2.81. The van der Waals surface area contributed by atoms with Gasteiger partial charge in [0, 0.05) is 49.1 Å². The topological polar surface area (TPSA) is 67.9 Å². The van der Waals surface area contributed by atoms with Crippen molar-refractivity contribution in [2.75, 3.05) is 80.7 Å². The van der Waals surface area contributed by atoms with Gasteiger partial charge in [-0.3, -0.25) is 4.90 Å². The number of hydrogen-bond donors (Lipinski definition) is 0. The van der Waals surface area contributed by atoms with E-state index in [2.05, 4.69) is 17.0 Å². The third kappa shape index (κ3) is 3.93. The van der Waals surface area contributed by atoms with Crippen molar-refractivity contribution in [3.63, 3.8) is 0 Å². The monoisotopic (exact) mass is 557 g/mol. The Morgan fingerprint density at radius 2 is 1.70 bits per heavy atom. The second kappa shape index (κ2) is 10.7. The molecule has 1 unspecified atom stereocenters. The van der Waals surface area contributed by atoms with Crippen LogP contribution in [0.2, 0.25) is 0 Å². The predicted octanol–water partition coefficient (Wildman–Crippen LogP) is 3.62. The van der Waals surface area contributed by atoms with E-state index in [4.69, 9.17) is 33.2 Å². The van der Waals surface area contributed by atoms with Gasteiger partial charge in [0.1, 0.15) is 11.7 Å². The van der Waals surface area contributed by atoms with Gasteiger partial charge in [0.15, 0.2) is 11.5 Å². The number of fused-ring (bicyclic) bond motifs is 2. The highest BCUT2D eigenvalue weighted by Gasteiger charge is 2.80. The summed E-state index contributed by atoms with van der Waals surface area (Å²) in [6.07, 6.45) is 8.42. The van der Waals surface area contributed by atoms with Crippen LogP contribution in [0, 0.1) is 17.3 Å². The molecule has 5 fully saturated rings. The minimum atomic E-state index is -0.361. The maximum atomic E-state index is 7.11. The van der Waals surface area contributed by atoms with Crippen LogP contribution in [0.15, 0.2) is 12.1 Å². The van der Waals surface area contributed by atoms with Gasteiger partial charge in [0.2, 0.25) is 0 Å². The number of piperidine rings is 1. The molecule has 1 aromatic carbocycles. The summed E-state index contributed by atoms with van der Waals surface area (Å²) in [6, 6.07) is 5.02. The van der Waals surface area contributed by atoms with E-state index in [1.165, 1.54) is 36.9 Å². The van der Waals surface area contributed by atoms with Crippen molar-refractivity contribution in [1.29, 1.82) is 0 Å². The van der Waals surface area contributed by atoms with Gasteiger partial charge in [0.25, 0.3) is 0 Å². The molecule has 4 bridgehead atoms. The molecule has 222 valence electrons. The van der Waals surface area contributed by atoms with Gasteiger partial charge >= 0.3 is 0 Å². The number of ether oxygens (including phenoxy) is 7. The predicted molar refractivity (Wildman–Crippen MR) is 149 cm³/mol. The Bertz CT molecular complexity index is 1080. The largest absolute Gasteiger partial charge is 0.493 e. The van der Waals surface area contributed by atoms with E-state index in [1.807, 2.05) is 7.11 Å². The molecule has 1 aromatic rings. The fourth-order valence-corrected chi connectivity index (χ4v) is 9.70. The van der Waals surface area contributed by atoms with E-state index in [9.17, 15) is 0 Å². The summed E-state index contributed by atoms with van der Waals surface area (Å²) in [7, 11) is 5.35. The third-order valence-corrected chi connectivity index (χ3v) is 11.5. The molecular formula is C32H47NO7. The van der Waals surface area contributed by atoms with Crippen molar-refractivity contribution in [3.05, 3.63) is 23.3 Å². The molecule has 0 N–H and O–H groups in total. The Balaban J connectivity index is 1.13. The van der Waals surface area contributed by atoms with E-state index < -0.39 is 0 Å². The summed E-state index contributed by atoms with van der Waals surface area (Å²) in [5.74, 6) is 3.04. The van der Waals surface area contributed by atoms with E-state index in [0.29, 0.717) is 52.3 Å². The molecule has 2 heterocycles.